The Bertz CT molecular complexity index is 582. The van der Waals surface area contributed by atoms with Crippen LogP contribution in [0.2, 0.25) is 0 Å². The summed E-state index contributed by atoms with van der Waals surface area (Å²) in [5.74, 6) is 0.0116. The number of nitrogens with zero attached hydrogens (tertiary/aromatic N) is 2. The van der Waals surface area contributed by atoms with Gasteiger partial charge in [0.2, 0.25) is 15.9 Å². The number of sulfonamides is 1. The molecule has 3 fully saturated rings. The first-order valence-electron chi connectivity index (χ1n) is 9.27. The normalized spacial score (nSPS) is 38.6. The average Bonchev–Trinajstić information content (AvgIpc) is 2.53. The monoisotopic (exact) mass is 360 g/mol. The van der Waals surface area contributed by atoms with Gasteiger partial charge in [0.1, 0.15) is 11.4 Å². The lowest BCUT2D eigenvalue weighted by Gasteiger charge is -2.52. The maximum atomic E-state index is 14.4. The molecule has 1 amide bonds. The minimum atomic E-state index is -3.67. The van der Waals surface area contributed by atoms with Gasteiger partial charge in [0.25, 0.3) is 0 Å². The third-order valence-electron chi connectivity index (χ3n) is 6.04. The van der Waals surface area contributed by atoms with Crippen LogP contribution in [0.3, 0.4) is 0 Å². The van der Waals surface area contributed by atoms with Gasteiger partial charge in [-0.05, 0) is 32.6 Å². The number of halogens is 1. The Kier molecular flexibility index (Phi) is 5.21. The fourth-order valence-corrected chi connectivity index (χ4v) is 7.33. The standard InChI is InChI=1S/C17H29FN2O3S/c1-12-11-19(24(22,23)17-10-6-3-7-14(17)18)15-8-4-5-9-16(15)20(12)13(2)21/h12,14-17H,3-11H2,1-2H3/t12-,14?,15?,16?,17?/m0/s1. The Morgan fingerprint density at radius 1 is 1.00 bits per heavy atom. The third-order valence-corrected chi connectivity index (χ3v) is 8.40. The van der Waals surface area contributed by atoms with E-state index in [9.17, 15) is 17.6 Å². The molecule has 5 nitrogen and oxygen atoms in total. The molecular formula is C17H29FN2O3S. The quantitative estimate of drug-likeness (QED) is 0.760. The lowest BCUT2D eigenvalue weighted by Crippen LogP contribution is -2.67. The molecule has 0 aromatic heterocycles. The zero-order chi connectivity index (χ0) is 17.5. The molecule has 0 radical (unpaired) electrons. The Balaban J connectivity index is 1.90. The van der Waals surface area contributed by atoms with Gasteiger partial charge >= 0.3 is 0 Å². The summed E-state index contributed by atoms with van der Waals surface area (Å²) in [5.41, 5.74) is 0. The van der Waals surface area contributed by atoms with Gasteiger partial charge in [-0.25, -0.2) is 12.8 Å². The Morgan fingerprint density at radius 3 is 2.21 bits per heavy atom. The van der Waals surface area contributed by atoms with E-state index in [4.69, 9.17) is 0 Å². The third kappa shape index (κ3) is 3.09. The van der Waals surface area contributed by atoms with E-state index in [2.05, 4.69) is 0 Å². The zero-order valence-electron chi connectivity index (χ0n) is 14.7. The second kappa shape index (κ2) is 6.90. The van der Waals surface area contributed by atoms with Crippen LogP contribution in [-0.4, -0.2) is 59.6 Å². The molecule has 1 saturated heterocycles. The van der Waals surface area contributed by atoms with Gasteiger partial charge < -0.3 is 4.90 Å². The van der Waals surface area contributed by atoms with E-state index in [0.717, 1.165) is 38.5 Å². The van der Waals surface area contributed by atoms with Crippen LogP contribution < -0.4 is 0 Å². The largest absolute Gasteiger partial charge is 0.334 e. The first kappa shape index (κ1) is 18.1. The van der Waals surface area contributed by atoms with Crippen LogP contribution in [0.5, 0.6) is 0 Å². The number of hydrogen-bond donors (Lipinski definition) is 0. The van der Waals surface area contributed by atoms with E-state index >= 15 is 0 Å². The van der Waals surface area contributed by atoms with E-state index in [1.54, 1.807) is 11.2 Å². The molecule has 24 heavy (non-hydrogen) atoms. The smallest absolute Gasteiger partial charge is 0.220 e. The maximum Gasteiger partial charge on any atom is 0.220 e. The van der Waals surface area contributed by atoms with Crippen molar-refractivity contribution in [1.82, 2.24) is 9.21 Å². The lowest BCUT2D eigenvalue weighted by molar-refractivity contribution is -0.139. The summed E-state index contributed by atoms with van der Waals surface area (Å²) in [7, 11) is -3.67. The van der Waals surface area contributed by atoms with Gasteiger partial charge in [0, 0.05) is 31.6 Å². The summed E-state index contributed by atoms with van der Waals surface area (Å²) in [4.78, 5) is 13.9. The average molecular weight is 360 g/mol. The van der Waals surface area contributed by atoms with Crippen LogP contribution in [0.25, 0.3) is 0 Å². The van der Waals surface area contributed by atoms with Crippen LogP contribution in [-0.2, 0) is 14.8 Å². The molecule has 0 aromatic rings. The SMILES string of the molecule is CC(=O)N1C2CCCCC2N(S(=O)(=O)C2CCCCC2F)C[C@@H]1C. The minimum absolute atomic E-state index is 0.0116. The number of fused-ring (bicyclic) bond motifs is 1. The molecule has 0 aromatic carbocycles. The van der Waals surface area contributed by atoms with Gasteiger partial charge in [-0.1, -0.05) is 25.7 Å². The van der Waals surface area contributed by atoms with Gasteiger partial charge in [-0.3, -0.25) is 4.79 Å². The second-order valence-electron chi connectivity index (χ2n) is 7.65. The lowest BCUT2D eigenvalue weighted by atomic mass is 9.86. The topological polar surface area (TPSA) is 57.7 Å². The molecule has 138 valence electrons. The fourth-order valence-electron chi connectivity index (χ4n) is 4.96. The van der Waals surface area contributed by atoms with Crippen molar-refractivity contribution >= 4 is 15.9 Å². The molecule has 2 aliphatic carbocycles. The van der Waals surface area contributed by atoms with Gasteiger partial charge in [-0.15, -0.1) is 0 Å². The van der Waals surface area contributed by atoms with Crippen molar-refractivity contribution in [1.29, 1.82) is 0 Å². The molecular weight excluding hydrogens is 331 g/mol. The highest BCUT2D eigenvalue weighted by Gasteiger charge is 2.50. The summed E-state index contributed by atoms with van der Waals surface area (Å²) in [6.45, 7) is 3.76. The van der Waals surface area contributed by atoms with Gasteiger partial charge in [0.15, 0.2) is 0 Å². The number of hydrogen-bond acceptors (Lipinski definition) is 3. The molecule has 0 bridgehead atoms. The summed E-state index contributed by atoms with van der Waals surface area (Å²) < 4.78 is 42.3. The molecule has 4 unspecified atom stereocenters. The molecule has 0 spiro atoms. The minimum Gasteiger partial charge on any atom is -0.334 e. The molecule has 3 rings (SSSR count). The van der Waals surface area contributed by atoms with Crippen molar-refractivity contribution in [3.8, 4) is 0 Å². The van der Waals surface area contributed by atoms with E-state index in [1.807, 2.05) is 11.8 Å². The molecule has 2 saturated carbocycles. The van der Waals surface area contributed by atoms with Gasteiger partial charge in [-0.2, -0.15) is 4.31 Å². The van der Waals surface area contributed by atoms with Crippen LogP contribution in [0.1, 0.15) is 65.2 Å². The Labute approximate surface area is 144 Å². The number of alkyl halides is 1. The number of rotatable bonds is 2. The van der Waals surface area contributed by atoms with Crippen LogP contribution >= 0.6 is 0 Å². The second-order valence-corrected chi connectivity index (χ2v) is 9.75. The molecule has 0 N–H and O–H groups in total. The predicted octanol–water partition coefficient (Wildman–Crippen LogP) is 2.46. The molecule has 7 heteroatoms. The fraction of sp³-hybridized carbons (Fsp3) is 0.941. The van der Waals surface area contributed by atoms with Crippen molar-refractivity contribution in [3.63, 3.8) is 0 Å². The number of carbonyl (C=O) groups is 1. The first-order valence-corrected chi connectivity index (χ1v) is 10.8. The zero-order valence-corrected chi connectivity index (χ0v) is 15.5. The van der Waals surface area contributed by atoms with Crippen molar-refractivity contribution in [2.24, 2.45) is 0 Å². The highest BCUT2D eigenvalue weighted by molar-refractivity contribution is 7.89. The summed E-state index contributed by atoms with van der Waals surface area (Å²) >= 11 is 0. The molecule has 1 heterocycles. The molecule has 3 aliphatic rings. The van der Waals surface area contributed by atoms with Crippen molar-refractivity contribution in [3.05, 3.63) is 0 Å². The Morgan fingerprint density at radius 2 is 1.58 bits per heavy atom. The number of piperazine rings is 1. The molecule has 1 aliphatic heterocycles. The number of amides is 1. The highest BCUT2D eigenvalue weighted by Crippen LogP contribution is 2.37. The highest BCUT2D eigenvalue weighted by atomic mass is 32.2. The Hall–Kier alpha value is -0.690. The van der Waals surface area contributed by atoms with E-state index in [1.165, 1.54) is 0 Å². The van der Waals surface area contributed by atoms with E-state index < -0.39 is 21.4 Å². The van der Waals surface area contributed by atoms with Crippen molar-refractivity contribution in [2.75, 3.05) is 6.54 Å². The predicted molar refractivity (Wildman–Crippen MR) is 90.8 cm³/mol. The first-order chi connectivity index (χ1) is 11.3. The van der Waals surface area contributed by atoms with Crippen LogP contribution in [0.4, 0.5) is 4.39 Å². The van der Waals surface area contributed by atoms with Crippen LogP contribution in [0.15, 0.2) is 0 Å². The van der Waals surface area contributed by atoms with Crippen LogP contribution in [0, 0.1) is 0 Å². The molecule has 5 atom stereocenters. The van der Waals surface area contributed by atoms with Crippen molar-refractivity contribution in [2.45, 2.75) is 94.8 Å². The summed E-state index contributed by atoms with van der Waals surface area (Å²) in [6, 6.07) is -0.396. The summed E-state index contributed by atoms with van der Waals surface area (Å²) in [6.07, 6.45) is 4.65. The van der Waals surface area contributed by atoms with Crippen molar-refractivity contribution < 1.29 is 17.6 Å². The summed E-state index contributed by atoms with van der Waals surface area (Å²) in [5, 5.41) is -0.898. The maximum absolute atomic E-state index is 14.4. The van der Waals surface area contributed by atoms with Gasteiger partial charge in [0.05, 0.1) is 0 Å². The van der Waals surface area contributed by atoms with E-state index in [-0.39, 0.29) is 24.0 Å². The number of carbonyl (C=O) groups excluding carboxylic acids is 1. The van der Waals surface area contributed by atoms with E-state index in [0.29, 0.717) is 19.4 Å².